The van der Waals surface area contributed by atoms with Crippen LogP contribution >= 0.6 is 11.3 Å². The molecular formula is C26H32N2O2S2. The maximum atomic E-state index is 13.4. The Morgan fingerprint density at radius 1 is 0.969 bits per heavy atom. The highest BCUT2D eigenvalue weighted by atomic mass is 32.2. The van der Waals surface area contributed by atoms with Crippen LogP contribution in [0.15, 0.2) is 40.6 Å². The van der Waals surface area contributed by atoms with E-state index in [1.54, 1.807) is 11.3 Å². The van der Waals surface area contributed by atoms with Gasteiger partial charge in [0.25, 0.3) is 0 Å². The molecule has 0 saturated carbocycles. The number of aryl methyl sites for hydroxylation is 5. The summed E-state index contributed by atoms with van der Waals surface area (Å²) in [7, 11) is -3.33. The molecule has 3 aromatic rings. The van der Waals surface area contributed by atoms with Crippen molar-refractivity contribution in [3.8, 4) is 0 Å². The molecule has 1 saturated heterocycles. The van der Waals surface area contributed by atoms with Gasteiger partial charge < -0.3 is 4.90 Å². The Labute approximate surface area is 196 Å². The minimum absolute atomic E-state index is 0.326. The van der Waals surface area contributed by atoms with Crippen LogP contribution in [0.2, 0.25) is 0 Å². The third kappa shape index (κ3) is 4.48. The smallest absolute Gasteiger partial charge is 0.185 e. The van der Waals surface area contributed by atoms with E-state index >= 15 is 0 Å². The fourth-order valence-corrected chi connectivity index (χ4v) is 8.03. The van der Waals surface area contributed by atoms with Gasteiger partial charge in [-0.15, -0.1) is 11.3 Å². The molecule has 1 fully saturated rings. The molecule has 0 unspecified atom stereocenters. The van der Waals surface area contributed by atoms with E-state index in [0.29, 0.717) is 17.7 Å². The Balaban J connectivity index is 1.46. The molecule has 1 aliphatic rings. The van der Waals surface area contributed by atoms with Crippen LogP contribution in [0, 0.1) is 34.6 Å². The van der Waals surface area contributed by atoms with Gasteiger partial charge in [0.2, 0.25) is 0 Å². The summed E-state index contributed by atoms with van der Waals surface area (Å²) in [5, 5.41) is 2.82. The Bertz CT molecular complexity index is 1190. The van der Waals surface area contributed by atoms with Crippen molar-refractivity contribution in [2.24, 2.45) is 0 Å². The Kier molecular flexibility index (Phi) is 6.46. The van der Waals surface area contributed by atoms with Gasteiger partial charge in [-0.1, -0.05) is 35.9 Å². The Morgan fingerprint density at radius 3 is 2.16 bits per heavy atom. The molecule has 2 aromatic carbocycles. The lowest BCUT2D eigenvalue weighted by Crippen LogP contribution is -2.39. The number of rotatable bonds is 5. The van der Waals surface area contributed by atoms with Crippen molar-refractivity contribution in [1.82, 2.24) is 4.98 Å². The van der Waals surface area contributed by atoms with Crippen LogP contribution in [0.25, 0.3) is 0 Å². The highest BCUT2D eigenvalue weighted by molar-refractivity contribution is 7.92. The molecule has 0 atom stereocenters. The van der Waals surface area contributed by atoms with Gasteiger partial charge in [0.15, 0.2) is 15.0 Å². The topological polar surface area (TPSA) is 50.3 Å². The van der Waals surface area contributed by atoms with E-state index in [2.05, 4.69) is 42.3 Å². The van der Waals surface area contributed by atoms with Gasteiger partial charge >= 0.3 is 0 Å². The second-order valence-electron chi connectivity index (χ2n) is 9.13. The number of benzene rings is 2. The largest absolute Gasteiger partial charge is 0.348 e. The quantitative estimate of drug-likeness (QED) is 0.481. The van der Waals surface area contributed by atoms with Gasteiger partial charge in [-0.05, 0) is 75.3 Å². The fourth-order valence-electron chi connectivity index (χ4n) is 4.97. The van der Waals surface area contributed by atoms with Crippen molar-refractivity contribution in [2.45, 2.75) is 64.0 Å². The summed E-state index contributed by atoms with van der Waals surface area (Å²) < 4.78 is 26.8. The Hall–Kier alpha value is -2.18. The molecule has 2 heterocycles. The lowest BCUT2D eigenvalue weighted by atomic mass is 9.99. The predicted octanol–water partition coefficient (Wildman–Crippen LogP) is 5.72. The first-order chi connectivity index (χ1) is 15.2. The molecule has 32 heavy (non-hydrogen) atoms. The number of hydrogen-bond acceptors (Lipinski definition) is 5. The molecule has 0 bridgehead atoms. The zero-order valence-corrected chi connectivity index (χ0v) is 21.2. The van der Waals surface area contributed by atoms with Crippen molar-refractivity contribution >= 4 is 26.3 Å². The molecule has 4 nitrogen and oxygen atoms in total. The zero-order chi connectivity index (χ0) is 23.0. The number of sulfone groups is 1. The number of aromatic nitrogens is 1. The Morgan fingerprint density at radius 2 is 1.56 bits per heavy atom. The van der Waals surface area contributed by atoms with Gasteiger partial charge in [0.1, 0.15) is 0 Å². The van der Waals surface area contributed by atoms with E-state index in [9.17, 15) is 8.42 Å². The molecule has 0 amide bonds. The molecule has 0 N–H and O–H groups in total. The molecule has 0 spiro atoms. The molecule has 0 radical (unpaired) electrons. The average molecular weight is 469 g/mol. The van der Waals surface area contributed by atoms with Crippen LogP contribution < -0.4 is 4.90 Å². The lowest BCUT2D eigenvalue weighted by molar-refractivity contribution is 0.528. The number of piperidine rings is 1. The SMILES string of the molecule is Cc1cc(C)c(S(=O)(=O)C2CCN(c3nc(Cc4c(C)cccc4C)cs3)CC2)c(C)c1. The van der Waals surface area contributed by atoms with E-state index in [-0.39, 0.29) is 5.25 Å². The maximum absolute atomic E-state index is 13.4. The number of nitrogens with zero attached hydrogens (tertiary/aromatic N) is 2. The molecule has 170 valence electrons. The average Bonchev–Trinajstić information content (AvgIpc) is 3.19. The van der Waals surface area contributed by atoms with Crippen molar-refractivity contribution in [1.29, 1.82) is 0 Å². The van der Waals surface area contributed by atoms with E-state index in [0.717, 1.165) is 47.0 Å². The van der Waals surface area contributed by atoms with Crippen LogP contribution in [0.1, 0.15) is 51.9 Å². The molecule has 1 aromatic heterocycles. The minimum Gasteiger partial charge on any atom is -0.348 e. The second kappa shape index (κ2) is 8.99. The number of hydrogen-bond donors (Lipinski definition) is 0. The van der Waals surface area contributed by atoms with Crippen molar-refractivity contribution in [3.63, 3.8) is 0 Å². The first-order valence-corrected chi connectivity index (χ1v) is 13.7. The first kappa shape index (κ1) is 23.0. The predicted molar refractivity (Wildman–Crippen MR) is 134 cm³/mol. The van der Waals surface area contributed by atoms with E-state index < -0.39 is 9.84 Å². The number of anilines is 1. The van der Waals surface area contributed by atoms with Gasteiger partial charge in [-0.3, -0.25) is 0 Å². The summed E-state index contributed by atoms with van der Waals surface area (Å²) in [5.41, 5.74) is 7.86. The maximum Gasteiger partial charge on any atom is 0.185 e. The van der Waals surface area contributed by atoms with Gasteiger partial charge in [-0.2, -0.15) is 0 Å². The first-order valence-electron chi connectivity index (χ1n) is 11.2. The van der Waals surface area contributed by atoms with Gasteiger partial charge in [-0.25, -0.2) is 13.4 Å². The van der Waals surface area contributed by atoms with Gasteiger partial charge in [0, 0.05) is 24.9 Å². The monoisotopic (exact) mass is 468 g/mol. The third-order valence-electron chi connectivity index (χ3n) is 6.58. The summed E-state index contributed by atoms with van der Waals surface area (Å²) in [4.78, 5) is 7.67. The van der Waals surface area contributed by atoms with Gasteiger partial charge in [0.05, 0.1) is 15.8 Å². The standard InChI is InChI=1S/C26H32N2O2S2/c1-17-13-20(4)25(21(5)14-17)32(29,30)23-9-11-28(12-10-23)26-27-22(16-31-26)15-24-18(2)7-6-8-19(24)3/h6-8,13-14,16,23H,9-12,15H2,1-5H3. The minimum atomic E-state index is -3.33. The summed E-state index contributed by atoms with van der Waals surface area (Å²) in [5.74, 6) is 0. The van der Waals surface area contributed by atoms with E-state index in [4.69, 9.17) is 4.98 Å². The van der Waals surface area contributed by atoms with E-state index in [1.165, 1.54) is 16.7 Å². The fraction of sp³-hybridized carbons (Fsp3) is 0.423. The van der Waals surface area contributed by atoms with Crippen LogP contribution in [-0.4, -0.2) is 31.7 Å². The number of thiazole rings is 1. The normalized spacial score (nSPS) is 15.3. The molecular weight excluding hydrogens is 436 g/mol. The molecule has 0 aliphatic carbocycles. The van der Waals surface area contributed by atoms with Crippen LogP contribution in [0.5, 0.6) is 0 Å². The van der Waals surface area contributed by atoms with Crippen LogP contribution in [0.3, 0.4) is 0 Å². The van der Waals surface area contributed by atoms with Crippen LogP contribution in [0.4, 0.5) is 5.13 Å². The summed E-state index contributed by atoms with van der Waals surface area (Å²) in [6.07, 6.45) is 2.12. The highest BCUT2D eigenvalue weighted by Crippen LogP contribution is 2.32. The lowest BCUT2D eigenvalue weighted by Gasteiger charge is -2.32. The molecule has 4 rings (SSSR count). The van der Waals surface area contributed by atoms with Crippen molar-refractivity contribution < 1.29 is 8.42 Å². The van der Waals surface area contributed by atoms with E-state index in [1.807, 2.05) is 32.9 Å². The van der Waals surface area contributed by atoms with Crippen molar-refractivity contribution in [2.75, 3.05) is 18.0 Å². The second-order valence-corrected chi connectivity index (χ2v) is 12.1. The summed E-state index contributed by atoms with van der Waals surface area (Å²) in [6, 6.07) is 10.3. The third-order valence-corrected chi connectivity index (χ3v) is 10.1. The highest BCUT2D eigenvalue weighted by Gasteiger charge is 2.34. The summed E-state index contributed by atoms with van der Waals surface area (Å²) >= 11 is 1.66. The van der Waals surface area contributed by atoms with Crippen LogP contribution in [-0.2, 0) is 16.3 Å². The molecule has 1 aliphatic heterocycles. The van der Waals surface area contributed by atoms with Crippen molar-refractivity contribution in [3.05, 3.63) is 74.8 Å². The molecule has 6 heteroatoms. The summed E-state index contributed by atoms with van der Waals surface area (Å²) in [6.45, 7) is 11.6. The zero-order valence-electron chi connectivity index (χ0n) is 19.6.